The first-order valence-corrected chi connectivity index (χ1v) is 8.25. The second-order valence-electron chi connectivity index (χ2n) is 4.72. The van der Waals surface area contributed by atoms with Gasteiger partial charge in [-0.2, -0.15) is 0 Å². The Kier molecular flexibility index (Phi) is 15.3. The Morgan fingerprint density at radius 3 is 2.10 bits per heavy atom. The SMILES string of the molecule is C=C(/N=C\C=C(/C)CC)N(CCC)C(CC)CC.CC. The Bertz CT molecular complexity index is 286. The van der Waals surface area contributed by atoms with Crippen molar-refractivity contribution in [2.75, 3.05) is 6.54 Å². The van der Waals surface area contributed by atoms with Crippen LogP contribution in [0.3, 0.4) is 0 Å². The van der Waals surface area contributed by atoms with E-state index in [1.54, 1.807) is 0 Å². The molecule has 0 heterocycles. The molecule has 2 nitrogen and oxygen atoms in total. The van der Waals surface area contributed by atoms with Gasteiger partial charge in [-0.15, -0.1) is 0 Å². The molecule has 0 spiro atoms. The molecule has 0 fully saturated rings. The number of hydrogen-bond acceptors (Lipinski definition) is 2. The molecule has 0 saturated carbocycles. The van der Waals surface area contributed by atoms with Gasteiger partial charge in [-0.1, -0.05) is 53.7 Å². The van der Waals surface area contributed by atoms with Crippen molar-refractivity contribution in [2.45, 2.75) is 80.2 Å². The highest BCUT2D eigenvalue weighted by Crippen LogP contribution is 2.15. The van der Waals surface area contributed by atoms with Crippen LogP contribution in [0.5, 0.6) is 0 Å². The zero-order valence-electron chi connectivity index (χ0n) is 14.9. The van der Waals surface area contributed by atoms with Crippen LogP contribution < -0.4 is 0 Å². The minimum atomic E-state index is 0.561. The van der Waals surface area contributed by atoms with Crippen molar-refractivity contribution in [3.63, 3.8) is 0 Å². The van der Waals surface area contributed by atoms with Crippen LogP contribution in [0.15, 0.2) is 29.0 Å². The Balaban J connectivity index is 0. The monoisotopic (exact) mass is 280 g/mol. The van der Waals surface area contributed by atoms with E-state index in [-0.39, 0.29) is 0 Å². The second kappa shape index (κ2) is 14.4. The molecular weight excluding hydrogens is 244 g/mol. The quantitative estimate of drug-likeness (QED) is 0.486. The van der Waals surface area contributed by atoms with E-state index in [0.717, 1.165) is 38.0 Å². The predicted octanol–water partition coefficient (Wildman–Crippen LogP) is 5.81. The molecule has 0 saturated heterocycles. The third kappa shape index (κ3) is 8.95. The zero-order valence-corrected chi connectivity index (χ0v) is 14.9. The summed E-state index contributed by atoms with van der Waals surface area (Å²) in [6.07, 6.45) is 8.46. The van der Waals surface area contributed by atoms with Gasteiger partial charge < -0.3 is 4.90 Å². The fourth-order valence-electron chi connectivity index (χ4n) is 1.94. The molecule has 0 amide bonds. The van der Waals surface area contributed by atoms with Gasteiger partial charge in [0.05, 0.1) is 0 Å². The zero-order chi connectivity index (χ0) is 16.0. The highest BCUT2D eigenvalue weighted by atomic mass is 15.2. The molecule has 0 aromatic rings. The van der Waals surface area contributed by atoms with Gasteiger partial charge in [0.1, 0.15) is 5.82 Å². The maximum absolute atomic E-state index is 4.48. The lowest BCUT2D eigenvalue weighted by atomic mass is 10.1. The minimum Gasteiger partial charge on any atom is -0.354 e. The predicted molar refractivity (Wildman–Crippen MR) is 94.4 cm³/mol. The normalized spacial score (nSPS) is 11.5. The number of nitrogens with zero attached hydrogens (tertiary/aromatic N) is 2. The van der Waals surface area contributed by atoms with Gasteiger partial charge in [0, 0.05) is 18.8 Å². The van der Waals surface area contributed by atoms with Crippen molar-refractivity contribution in [3.05, 3.63) is 24.0 Å². The van der Waals surface area contributed by atoms with E-state index in [2.05, 4.69) is 57.2 Å². The van der Waals surface area contributed by atoms with Gasteiger partial charge in [0.25, 0.3) is 0 Å². The van der Waals surface area contributed by atoms with Gasteiger partial charge in [-0.3, -0.25) is 0 Å². The van der Waals surface area contributed by atoms with Crippen molar-refractivity contribution in [2.24, 2.45) is 4.99 Å². The van der Waals surface area contributed by atoms with E-state index in [4.69, 9.17) is 0 Å². The van der Waals surface area contributed by atoms with Crippen molar-refractivity contribution in [1.29, 1.82) is 0 Å². The molecular formula is C18H36N2. The van der Waals surface area contributed by atoms with Crippen LogP contribution in [0.25, 0.3) is 0 Å². The van der Waals surface area contributed by atoms with Crippen LogP contribution in [0, 0.1) is 0 Å². The molecule has 20 heavy (non-hydrogen) atoms. The summed E-state index contributed by atoms with van der Waals surface area (Å²) >= 11 is 0. The summed E-state index contributed by atoms with van der Waals surface area (Å²) in [4.78, 5) is 6.82. The summed E-state index contributed by atoms with van der Waals surface area (Å²) in [6.45, 7) is 20.1. The molecule has 0 bridgehead atoms. The molecule has 0 rings (SSSR count). The van der Waals surface area contributed by atoms with Gasteiger partial charge >= 0.3 is 0 Å². The van der Waals surface area contributed by atoms with Gasteiger partial charge in [0.15, 0.2) is 0 Å². The highest BCUT2D eigenvalue weighted by molar-refractivity contribution is 5.72. The van der Waals surface area contributed by atoms with Crippen molar-refractivity contribution in [3.8, 4) is 0 Å². The maximum Gasteiger partial charge on any atom is 0.121 e. The molecule has 0 radical (unpaired) electrons. The molecule has 0 aliphatic carbocycles. The summed E-state index contributed by atoms with van der Waals surface area (Å²) in [5.74, 6) is 0.894. The van der Waals surface area contributed by atoms with Gasteiger partial charge in [-0.25, -0.2) is 4.99 Å². The number of aliphatic imine (C=N–C) groups is 1. The van der Waals surface area contributed by atoms with E-state index < -0.39 is 0 Å². The molecule has 0 aromatic heterocycles. The second-order valence-corrected chi connectivity index (χ2v) is 4.72. The summed E-state index contributed by atoms with van der Waals surface area (Å²) in [6, 6.07) is 0.561. The van der Waals surface area contributed by atoms with E-state index in [0.29, 0.717) is 6.04 Å². The average Bonchev–Trinajstić information content (AvgIpc) is 2.49. The largest absolute Gasteiger partial charge is 0.354 e. The van der Waals surface area contributed by atoms with E-state index >= 15 is 0 Å². The first kappa shape index (κ1) is 21.3. The lowest BCUT2D eigenvalue weighted by molar-refractivity contribution is 0.238. The molecule has 0 aliphatic rings. The van der Waals surface area contributed by atoms with Crippen LogP contribution in [0.2, 0.25) is 0 Å². The third-order valence-electron chi connectivity index (χ3n) is 3.32. The fraction of sp³-hybridized carbons (Fsp3) is 0.722. The Labute approximate surface area is 127 Å². The van der Waals surface area contributed by atoms with E-state index in [9.17, 15) is 0 Å². The molecule has 0 N–H and O–H groups in total. The Morgan fingerprint density at radius 2 is 1.70 bits per heavy atom. The molecule has 0 aromatic carbocycles. The first-order valence-electron chi connectivity index (χ1n) is 8.25. The Morgan fingerprint density at radius 1 is 1.15 bits per heavy atom. The van der Waals surface area contributed by atoms with Crippen molar-refractivity contribution in [1.82, 2.24) is 4.90 Å². The lowest BCUT2D eigenvalue weighted by Gasteiger charge is -2.31. The summed E-state index contributed by atoms with van der Waals surface area (Å²) in [5.41, 5.74) is 1.34. The smallest absolute Gasteiger partial charge is 0.121 e. The van der Waals surface area contributed by atoms with Crippen molar-refractivity contribution < 1.29 is 0 Å². The topological polar surface area (TPSA) is 15.6 Å². The van der Waals surface area contributed by atoms with Crippen LogP contribution in [-0.4, -0.2) is 23.7 Å². The van der Waals surface area contributed by atoms with E-state index in [1.807, 2.05) is 20.1 Å². The van der Waals surface area contributed by atoms with Crippen LogP contribution in [-0.2, 0) is 0 Å². The van der Waals surface area contributed by atoms with Crippen LogP contribution in [0.1, 0.15) is 74.1 Å². The number of rotatable bonds is 9. The number of allylic oxidation sites excluding steroid dienone is 2. The summed E-state index contributed by atoms with van der Waals surface area (Å²) in [5, 5.41) is 0. The molecule has 118 valence electrons. The lowest BCUT2D eigenvalue weighted by Crippen LogP contribution is -2.33. The van der Waals surface area contributed by atoms with Crippen molar-refractivity contribution >= 4 is 6.21 Å². The first-order chi connectivity index (χ1) is 9.60. The average molecular weight is 280 g/mol. The molecule has 0 unspecified atom stereocenters. The Hall–Kier alpha value is -1.05. The molecule has 0 aliphatic heterocycles. The van der Waals surface area contributed by atoms with Crippen LogP contribution >= 0.6 is 0 Å². The van der Waals surface area contributed by atoms with Crippen LogP contribution in [0.4, 0.5) is 0 Å². The minimum absolute atomic E-state index is 0.561. The summed E-state index contributed by atoms with van der Waals surface area (Å²) in [7, 11) is 0. The van der Waals surface area contributed by atoms with Gasteiger partial charge in [0.2, 0.25) is 0 Å². The molecule has 0 atom stereocenters. The fourth-order valence-corrected chi connectivity index (χ4v) is 1.94. The highest BCUT2D eigenvalue weighted by Gasteiger charge is 2.14. The summed E-state index contributed by atoms with van der Waals surface area (Å²) < 4.78 is 0. The van der Waals surface area contributed by atoms with E-state index in [1.165, 1.54) is 5.57 Å². The number of hydrogen-bond donors (Lipinski definition) is 0. The third-order valence-corrected chi connectivity index (χ3v) is 3.32. The molecule has 2 heteroatoms. The van der Waals surface area contributed by atoms with Gasteiger partial charge in [-0.05, 0) is 38.7 Å². The standard InChI is InChI=1S/C16H30N2.C2H6/c1-7-13-18(16(9-3)10-4)15(6)17-12-11-14(5)8-2;1-2/h11-12,16H,6-10,13H2,1-5H3;1-2H3/b14-11+,17-12-;. The maximum atomic E-state index is 4.48.